The van der Waals surface area contributed by atoms with Crippen LogP contribution in [0.3, 0.4) is 0 Å². The predicted octanol–water partition coefficient (Wildman–Crippen LogP) is 6.55. The van der Waals surface area contributed by atoms with E-state index in [-0.39, 0.29) is 0 Å². The van der Waals surface area contributed by atoms with Crippen molar-refractivity contribution in [1.29, 1.82) is 10.5 Å². The summed E-state index contributed by atoms with van der Waals surface area (Å²) in [6, 6.07) is 27.6. The fourth-order valence-electron chi connectivity index (χ4n) is 4.60. The molecule has 0 spiro atoms. The fraction of sp³-hybridized carbons (Fsp3) is 0. The van der Waals surface area contributed by atoms with E-state index < -0.39 is 0 Å². The van der Waals surface area contributed by atoms with Crippen molar-refractivity contribution in [2.24, 2.45) is 9.98 Å². The van der Waals surface area contributed by atoms with Crippen LogP contribution in [0.1, 0.15) is 33.6 Å². The Bertz CT molecular complexity index is 1640. The molecule has 4 aromatic rings. The van der Waals surface area contributed by atoms with Crippen LogP contribution in [-0.4, -0.2) is 22.4 Å². The van der Waals surface area contributed by atoms with Crippen molar-refractivity contribution in [3.05, 3.63) is 142 Å². The summed E-state index contributed by atoms with van der Waals surface area (Å²) in [7, 11) is 0. The van der Waals surface area contributed by atoms with Gasteiger partial charge in [-0.05, 0) is 84.0 Å². The molecule has 0 fully saturated rings. The quantitative estimate of drug-likeness (QED) is 0.332. The van der Waals surface area contributed by atoms with E-state index in [4.69, 9.17) is 0 Å². The van der Waals surface area contributed by atoms with E-state index in [9.17, 15) is 10.5 Å². The third kappa shape index (κ3) is 4.24. The molecule has 0 amide bonds. The van der Waals surface area contributed by atoms with Crippen LogP contribution in [0.25, 0.3) is 22.5 Å². The third-order valence-corrected chi connectivity index (χ3v) is 6.43. The van der Waals surface area contributed by atoms with E-state index in [0.29, 0.717) is 11.1 Å². The molecular formula is C32H20N6. The predicted molar refractivity (Wildman–Crippen MR) is 150 cm³/mol. The van der Waals surface area contributed by atoms with Crippen LogP contribution in [0.15, 0.2) is 118 Å². The van der Waals surface area contributed by atoms with Gasteiger partial charge in [-0.2, -0.15) is 10.5 Å². The molecule has 2 N–H and O–H groups in total. The Morgan fingerprint density at radius 1 is 0.553 bits per heavy atom. The molecule has 2 aliphatic heterocycles. The van der Waals surface area contributed by atoms with Crippen molar-refractivity contribution in [2.45, 2.75) is 0 Å². The number of H-pyrrole nitrogens is 2. The zero-order valence-electron chi connectivity index (χ0n) is 20.2. The molecule has 38 heavy (non-hydrogen) atoms. The van der Waals surface area contributed by atoms with Gasteiger partial charge in [0.2, 0.25) is 0 Å². The molecule has 0 radical (unpaired) electrons. The SMILES string of the molecule is N#Cc1ccc(/C(=C2\C=CC=N2)c2ccc(-c3ccc(/C(=C4/C=CC=N4)c4ccc(C#N)cc4)[nH]3)[nH]2)cc1. The molecule has 2 aromatic carbocycles. The first kappa shape index (κ1) is 22.7. The van der Waals surface area contributed by atoms with Gasteiger partial charge in [0, 0.05) is 35.0 Å². The molecule has 2 aromatic heterocycles. The van der Waals surface area contributed by atoms with Gasteiger partial charge in [-0.3, -0.25) is 9.98 Å². The Morgan fingerprint density at radius 2 is 0.974 bits per heavy atom. The fourth-order valence-corrected chi connectivity index (χ4v) is 4.60. The smallest absolute Gasteiger partial charge is 0.0991 e. The van der Waals surface area contributed by atoms with Gasteiger partial charge in [-0.25, -0.2) is 0 Å². The molecule has 4 heterocycles. The Morgan fingerprint density at radius 3 is 1.32 bits per heavy atom. The minimum Gasteiger partial charge on any atom is -0.353 e. The summed E-state index contributed by atoms with van der Waals surface area (Å²) in [5.41, 5.74) is 10.5. The first-order valence-corrected chi connectivity index (χ1v) is 12.0. The van der Waals surface area contributed by atoms with Gasteiger partial charge in [-0.15, -0.1) is 0 Å². The lowest BCUT2D eigenvalue weighted by Gasteiger charge is -2.09. The Hall–Kier alpha value is -5.72. The highest BCUT2D eigenvalue weighted by atomic mass is 14.8. The molecule has 6 rings (SSSR count). The monoisotopic (exact) mass is 488 g/mol. The number of benzene rings is 2. The van der Waals surface area contributed by atoms with Crippen molar-refractivity contribution in [3.63, 3.8) is 0 Å². The van der Waals surface area contributed by atoms with Crippen LogP contribution in [0.4, 0.5) is 0 Å². The summed E-state index contributed by atoms with van der Waals surface area (Å²) in [5, 5.41) is 18.4. The molecule has 0 saturated carbocycles. The van der Waals surface area contributed by atoms with Crippen LogP contribution in [0.2, 0.25) is 0 Å². The van der Waals surface area contributed by atoms with Crippen molar-refractivity contribution < 1.29 is 0 Å². The molecule has 6 nitrogen and oxygen atoms in total. The first-order valence-electron chi connectivity index (χ1n) is 12.0. The number of aromatic amines is 2. The van der Waals surface area contributed by atoms with E-state index in [1.54, 1.807) is 12.4 Å². The maximum absolute atomic E-state index is 9.20. The maximum atomic E-state index is 9.20. The number of hydrogen-bond acceptors (Lipinski definition) is 4. The lowest BCUT2D eigenvalue weighted by Crippen LogP contribution is -1.93. The lowest BCUT2D eigenvalue weighted by molar-refractivity contribution is 1.27. The molecular weight excluding hydrogens is 468 g/mol. The molecule has 0 saturated heterocycles. The minimum atomic E-state index is 0.614. The second kappa shape index (κ2) is 9.73. The second-order valence-corrected chi connectivity index (χ2v) is 8.74. The zero-order chi connectivity index (χ0) is 25.9. The molecule has 0 bridgehead atoms. The molecule has 0 aliphatic carbocycles. The van der Waals surface area contributed by atoms with Gasteiger partial charge >= 0.3 is 0 Å². The third-order valence-electron chi connectivity index (χ3n) is 6.43. The van der Waals surface area contributed by atoms with Gasteiger partial charge < -0.3 is 9.97 Å². The summed E-state index contributed by atoms with van der Waals surface area (Å²) in [6.07, 6.45) is 11.3. The Kier molecular flexibility index (Phi) is 5.82. The van der Waals surface area contributed by atoms with Gasteiger partial charge in [0.25, 0.3) is 0 Å². The highest BCUT2D eigenvalue weighted by Gasteiger charge is 2.17. The summed E-state index contributed by atoms with van der Waals surface area (Å²) < 4.78 is 0. The van der Waals surface area contributed by atoms with Gasteiger partial charge in [0.1, 0.15) is 0 Å². The number of aliphatic imine (C=N–C) groups is 2. The van der Waals surface area contributed by atoms with Crippen molar-refractivity contribution in [3.8, 4) is 23.5 Å². The van der Waals surface area contributed by atoms with E-state index in [1.165, 1.54) is 0 Å². The molecule has 0 unspecified atom stereocenters. The van der Waals surface area contributed by atoms with Crippen LogP contribution >= 0.6 is 0 Å². The number of rotatable bonds is 5. The summed E-state index contributed by atoms with van der Waals surface area (Å²) >= 11 is 0. The number of nitrogens with one attached hydrogen (secondary N) is 2. The molecule has 2 aliphatic rings. The molecule has 178 valence electrons. The van der Waals surface area contributed by atoms with Gasteiger partial charge in [0.15, 0.2) is 0 Å². The number of aromatic nitrogens is 2. The average molecular weight is 489 g/mol. The summed E-state index contributed by atoms with van der Waals surface area (Å²) in [6.45, 7) is 0. The van der Waals surface area contributed by atoms with Crippen molar-refractivity contribution >= 4 is 23.6 Å². The highest BCUT2D eigenvalue weighted by Crippen LogP contribution is 2.34. The number of allylic oxidation sites excluding steroid dienone is 4. The van der Waals surface area contributed by atoms with E-state index >= 15 is 0 Å². The number of nitriles is 2. The largest absolute Gasteiger partial charge is 0.353 e. The summed E-state index contributed by atoms with van der Waals surface area (Å²) in [5.74, 6) is 0. The highest BCUT2D eigenvalue weighted by molar-refractivity contribution is 5.90. The summed E-state index contributed by atoms with van der Waals surface area (Å²) in [4.78, 5) is 16.2. The standard InChI is InChI=1S/C32H20N6/c33-19-21-5-9-23(10-6-21)31(27-3-1-17-35-27)29-15-13-25(37-29)26-14-16-30(38-26)32(28-4-2-18-36-28)24-11-7-22(20-34)8-12-24/h1-18,37-38H/b31-27-,32-28-. The van der Waals surface area contributed by atoms with Crippen LogP contribution in [-0.2, 0) is 0 Å². The number of nitrogens with zero attached hydrogens (tertiary/aromatic N) is 4. The molecule has 6 heteroatoms. The van der Waals surface area contributed by atoms with E-state index in [2.05, 4.69) is 32.1 Å². The second-order valence-electron chi connectivity index (χ2n) is 8.74. The zero-order valence-corrected chi connectivity index (χ0v) is 20.2. The average Bonchev–Trinajstić information content (AvgIpc) is 3.78. The number of hydrogen-bond donors (Lipinski definition) is 2. The first-order chi connectivity index (χ1) is 18.7. The van der Waals surface area contributed by atoms with Crippen molar-refractivity contribution in [1.82, 2.24) is 9.97 Å². The van der Waals surface area contributed by atoms with Crippen LogP contribution < -0.4 is 0 Å². The minimum absolute atomic E-state index is 0.614. The van der Waals surface area contributed by atoms with E-state index in [0.717, 1.165) is 56.4 Å². The molecule has 0 atom stereocenters. The van der Waals surface area contributed by atoms with Crippen molar-refractivity contribution in [2.75, 3.05) is 0 Å². The van der Waals surface area contributed by atoms with Crippen LogP contribution in [0, 0.1) is 22.7 Å². The normalized spacial score (nSPS) is 16.1. The topological polar surface area (TPSA) is 104 Å². The lowest BCUT2D eigenvalue weighted by atomic mass is 9.99. The van der Waals surface area contributed by atoms with Crippen LogP contribution in [0.5, 0.6) is 0 Å². The van der Waals surface area contributed by atoms with Gasteiger partial charge in [0.05, 0.1) is 46.0 Å². The van der Waals surface area contributed by atoms with Gasteiger partial charge in [-0.1, -0.05) is 24.3 Å². The Labute approximate surface area is 219 Å². The van der Waals surface area contributed by atoms with E-state index in [1.807, 2.05) is 97.1 Å². The maximum Gasteiger partial charge on any atom is 0.0991 e. The Balaban J connectivity index is 1.38.